The molecule has 0 bridgehead atoms. The molecule has 2 amide bonds. The fourth-order valence-electron chi connectivity index (χ4n) is 6.00. The highest BCUT2D eigenvalue weighted by molar-refractivity contribution is 6.31. The number of rotatable bonds is 10. The van der Waals surface area contributed by atoms with E-state index in [4.69, 9.17) is 11.6 Å². The summed E-state index contributed by atoms with van der Waals surface area (Å²) in [5.41, 5.74) is -0.347. The van der Waals surface area contributed by atoms with Crippen molar-refractivity contribution >= 4 is 34.8 Å². The van der Waals surface area contributed by atoms with Gasteiger partial charge in [0.15, 0.2) is 11.6 Å². The van der Waals surface area contributed by atoms with Gasteiger partial charge in [-0.15, -0.1) is 0 Å². The first-order valence-electron chi connectivity index (χ1n) is 15.3. The molecule has 2 aliphatic heterocycles. The summed E-state index contributed by atoms with van der Waals surface area (Å²) in [7, 11) is 0. The first kappa shape index (κ1) is 34.9. The zero-order chi connectivity index (χ0) is 32.9. The summed E-state index contributed by atoms with van der Waals surface area (Å²) in [6, 6.07) is 7.04. The number of amides is 2. The number of carbonyl (C=O) groups excluding carboxylic acids is 2. The van der Waals surface area contributed by atoms with E-state index in [1.54, 1.807) is 18.2 Å². The number of nitrogens with one attached hydrogen (secondary N) is 3. The molecule has 2 fully saturated rings. The van der Waals surface area contributed by atoms with Crippen molar-refractivity contribution in [2.75, 3.05) is 49.5 Å². The molecule has 2 heterocycles. The molecule has 13 heteroatoms. The molecule has 2 aliphatic rings. The van der Waals surface area contributed by atoms with Crippen molar-refractivity contribution < 1.29 is 31.5 Å². The van der Waals surface area contributed by atoms with E-state index in [9.17, 15) is 22.8 Å². The van der Waals surface area contributed by atoms with Crippen LogP contribution in [0.3, 0.4) is 0 Å². The third-order valence-corrected chi connectivity index (χ3v) is 8.92. The average molecular weight is 658 g/mol. The SMILES string of the molecule is CC(C)C[C@H]1CN(c2cc(Cl)ccc2NC(=O)c2ccc(CNC(=O)C3(C)CCNCC3)c(F)c2F)CCN1CCC(F)(F)F. The van der Waals surface area contributed by atoms with Crippen molar-refractivity contribution in [1.82, 2.24) is 15.5 Å². The van der Waals surface area contributed by atoms with Crippen LogP contribution in [0.4, 0.5) is 33.3 Å². The van der Waals surface area contributed by atoms with Crippen molar-refractivity contribution in [3.63, 3.8) is 0 Å². The maximum Gasteiger partial charge on any atom is 0.390 e. The lowest BCUT2D eigenvalue weighted by atomic mass is 9.80. The lowest BCUT2D eigenvalue weighted by molar-refractivity contribution is -0.139. The van der Waals surface area contributed by atoms with Gasteiger partial charge in [0.25, 0.3) is 5.91 Å². The zero-order valence-electron chi connectivity index (χ0n) is 25.8. The van der Waals surface area contributed by atoms with Crippen LogP contribution in [0.2, 0.25) is 5.02 Å². The van der Waals surface area contributed by atoms with Gasteiger partial charge in [0.1, 0.15) is 0 Å². The second kappa shape index (κ2) is 14.6. The van der Waals surface area contributed by atoms with Crippen LogP contribution in [0.25, 0.3) is 0 Å². The number of halogens is 6. The van der Waals surface area contributed by atoms with Crippen LogP contribution in [-0.4, -0.2) is 68.2 Å². The van der Waals surface area contributed by atoms with Gasteiger partial charge in [-0.2, -0.15) is 13.2 Å². The third kappa shape index (κ3) is 9.07. The van der Waals surface area contributed by atoms with Gasteiger partial charge in [-0.05, 0) is 62.5 Å². The Kier molecular flexibility index (Phi) is 11.4. The van der Waals surface area contributed by atoms with E-state index in [2.05, 4.69) is 16.0 Å². The quantitative estimate of drug-likeness (QED) is 0.259. The van der Waals surface area contributed by atoms with E-state index in [-0.39, 0.29) is 36.5 Å². The van der Waals surface area contributed by atoms with Crippen LogP contribution in [0.15, 0.2) is 30.3 Å². The second-order valence-corrected chi connectivity index (χ2v) is 13.1. The Hall–Kier alpha value is -2.96. The first-order chi connectivity index (χ1) is 21.2. The van der Waals surface area contributed by atoms with Crippen molar-refractivity contribution in [3.05, 3.63) is 58.1 Å². The fraction of sp³-hybridized carbons (Fsp3) is 0.562. The minimum atomic E-state index is -4.25. The van der Waals surface area contributed by atoms with E-state index < -0.39 is 41.1 Å². The largest absolute Gasteiger partial charge is 0.390 e. The predicted molar refractivity (Wildman–Crippen MR) is 166 cm³/mol. The number of anilines is 2. The number of carbonyl (C=O) groups is 2. The molecule has 4 rings (SSSR count). The van der Waals surface area contributed by atoms with Crippen LogP contribution in [0, 0.1) is 23.0 Å². The molecule has 2 aromatic rings. The van der Waals surface area contributed by atoms with Gasteiger partial charge < -0.3 is 20.9 Å². The number of hydrogen-bond donors (Lipinski definition) is 3. The molecular weight excluding hydrogens is 617 g/mol. The van der Waals surface area contributed by atoms with Crippen LogP contribution in [0.5, 0.6) is 0 Å². The second-order valence-electron chi connectivity index (χ2n) is 12.6. The summed E-state index contributed by atoms with van der Waals surface area (Å²) >= 11 is 6.29. The fourth-order valence-corrected chi connectivity index (χ4v) is 6.17. The number of alkyl halides is 3. The topological polar surface area (TPSA) is 76.7 Å². The standard InChI is InChI=1S/C32H41ClF5N5O2/c1-20(2)16-23-19-43(15-14-42(23)13-10-32(36,37)38)26-17-22(33)5-7-25(26)41-29(44)24-6-4-21(27(34)28(24)35)18-40-30(45)31(3)8-11-39-12-9-31/h4-7,17,20,23,39H,8-16,18-19H2,1-3H3,(H,40,45)(H,41,44)/t23-/m0/s1. The maximum absolute atomic E-state index is 15.2. The summed E-state index contributed by atoms with van der Waals surface area (Å²) in [5, 5.41) is 8.93. The molecule has 45 heavy (non-hydrogen) atoms. The Bertz CT molecular complexity index is 1370. The smallest absolute Gasteiger partial charge is 0.367 e. The molecular formula is C32H41ClF5N5O2. The lowest BCUT2D eigenvalue weighted by Gasteiger charge is -2.43. The molecule has 2 aromatic carbocycles. The summed E-state index contributed by atoms with van der Waals surface area (Å²) < 4.78 is 69.2. The summed E-state index contributed by atoms with van der Waals surface area (Å²) in [6.45, 7) is 8.09. The lowest BCUT2D eigenvalue weighted by Crippen LogP contribution is -2.54. The van der Waals surface area contributed by atoms with Crippen molar-refractivity contribution in [1.29, 1.82) is 0 Å². The third-order valence-electron chi connectivity index (χ3n) is 8.68. The van der Waals surface area contributed by atoms with E-state index in [1.165, 1.54) is 12.1 Å². The number of piperidine rings is 1. The molecule has 7 nitrogen and oxygen atoms in total. The Morgan fingerprint density at radius 1 is 1.09 bits per heavy atom. The van der Waals surface area contributed by atoms with Crippen LogP contribution in [-0.2, 0) is 11.3 Å². The highest BCUT2D eigenvalue weighted by atomic mass is 35.5. The molecule has 2 saturated heterocycles. The minimum absolute atomic E-state index is 0.0818. The van der Waals surface area contributed by atoms with Crippen molar-refractivity contribution in [2.45, 2.75) is 65.2 Å². The van der Waals surface area contributed by atoms with Crippen LogP contribution < -0.4 is 20.9 Å². The summed E-state index contributed by atoms with van der Waals surface area (Å²) in [4.78, 5) is 29.7. The summed E-state index contributed by atoms with van der Waals surface area (Å²) in [6.07, 6.45) is -3.22. The molecule has 0 unspecified atom stereocenters. The average Bonchev–Trinajstić information content (AvgIpc) is 2.97. The summed E-state index contributed by atoms with van der Waals surface area (Å²) in [5.74, 6) is -3.43. The number of nitrogens with zero attached hydrogens (tertiary/aromatic N) is 2. The molecule has 3 N–H and O–H groups in total. The zero-order valence-corrected chi connectivity index (χ0v) is 26.6. The molecule has 0 saturated carbocycles. The van der Waals surface area contributed by atoms with Crippen molar-refractivity contribution in [3.8, 4) is 0 Å². The van der Waals surface area contributed by atoms with Gasteiger partial charge in [-0.25, -0.2) is 8.78 Å². The molecule has 0 aliphatic carbocycles. The van der Waals surface area contributed by atoms with Crippen LogP contribution >= 0.6 is 11.6 Å². The van der Waals surface area contributed by atoms with Crippen LogP contribution in [0.1, 0.15) is 62.4 Å². The predicted octanol–water partition coefficient (Wildman–Crippen LogP) is 6.37. The van der Waals surface area contributed by atoms with Gasteiger partial charge in [-0.3, -0.25) is 14.5 Å². The van der Waals surface area contributed by atoms with Gasteiger partial charge in [-0.1, -0.05) is 38.4 Å². The van der Waals surface area contributed by atoms with E-state index >= 15 is 8.78 Å². The Balaban J connectivity index is 1.47. The normalized spacial score (nSPS) is 19.1. The first-order valence-corrected chi connectivity index (χ1v) is 15.7. The number of hydrogen-bond acceptors (Lipinski definition) is 5. The van der Waals surface area contributed by atoms with E-state index in [1.807, 2.05) is 30.6 Å². The number of benzene rings is 2. The maximum atomic E-state index is 15.2. The van der Waals surface area contributed by atoms with Gasteiger partial charge in [0.05, 0.1) is 23.4 Å². The minimum Gasteiger partial charge on any atom is -0.367 e. The Morgan fingerprint density at radius 2 is 1.80 bits per heavy atom. The molecule has 1 atom stereocenters. The molecule has 0 aromatic heterocycles. The monoisotopic (exact) mass is 657 g/mol. The van der Waals surface area contributed by atoms with Gasteiger partial charge >= 0.3 is 6.18 Å². The molecule has 0 radical (unpaired) electrons. The van der Waals surface area contributed by atoms with Gasteiger partial charge in [0, 0.05) is 54.8 Å². The molecule has 248 valence electrons. The van der Waals surface area contributed by atoms with Gasteiger partial charge in [0.2, 0.25) is 5.91 Å². The van der Waals surface area contributed by atoms with Crippen molar-refractivity contribution in [2.24, 2.45) is 11.3 Å². The highest BCUT2D eigenvalue weighted by Gasteiger charge is 2.35. The highest BCUT2D eigenvalue weighted by Crippen LogP contribution is 2.34. The molecule has 0 spiro atoms. The van der Waals surface area contributed by atoms with E-state index in [0.717, 1.165) is 0 Å². The van der Waals surface area contributed by atoms with E-state index in [0.29, 0.717) is 68.4 Å². The Labute approximate surface area is 265 Å². The number of piperazine rings is 1. The Morgan fingerprint density at radius 3 is 2.47 bits per heavy atom.